The summed E-state index contributed by atoms with van der Waals surface area (Å²) in [6.45, 7) is 0. The molecular weight excluding hydrogens is 311 g/mol. The first kappa shape index (κ1) is 14.2. The van der Waals surface area contributed by atoms with Crippen molar-refractivity contribution in [2.75, 3.05) is 0 Å². The van der Waals surface area contributed by atoms with Crippen LogP contribution < -0.4 is 11.3 Å². The van der Waals surface area contributed by atoms with Crippen LogP contribution in [0.5, 0.6) is 0 Å². The van der Waals surface area contributed by atoms with Gasteiger partial charge >= 0.3 is 0 Å². The lowest BCUT2D eigenvalue weighted by Gasteiger charge is -2.17. The molecule has 1 unspecified atom stereocenters. The van der Waals surface area contributed by atoms with Gasteiger partial charge in [-0.1, -0.05) is 15.9 Å². The van der Waals surface area contributed by atoms with E-state index in [1.807, 2.05) is 17.8 Å². The molecule has 1 aromatic heterocycles. The second kappa shape index (κ2) is 6.27. The van der Waals surface area contributed by atoms with Gasteiger partial charge in [0, 0.05) is 41.9 Å². The highest BCUT2D eigenvalue weighted by molar-refractivity contribution is 9.10. The second-order valence-corrected chi connectivity index (χ2v) is 5.29. The summed E-state index contributed by atoms with van der Waals surface area (Å²) in [6, 6.07) is 4.61. The fourth-order valence-corrected chi connectivity index (χ4v) is 2.40. The minimum atomic E-state index is -0.258. The maximum absolute atomic E-state index is 13.8. The van der Waals surface area contributed by atoms with E-state index in [1.165, 1.54) is 6.07 Å². The minimum absolute atomic E-state index is 0.241. The van der Waals surface area contributed by atoms with Gasteiger partial charge in [0.2, 0.25) is 0 Å². The number of aryl methyl sites for hydroxylation is 2. The summed E-state index contributed by atoms with van der Waals surface area (Å²) in [5.41, 5.74) is 3.23. The maximum Gasteiger partial charge on any atom is 0.128 e. The molecule has 0 saturated heterocycles. The summed E-state index contributed by atoms with van der Waals surface area (Å²) < 4.78 is 16.6. The number of aromatic nitrogens is 2. The highest BCUT2D eigenvalue weighted by atomic mass is 79.9. The fourth-order valence-electron chi connectivity index (χ4n) is 2.02. The zero-order chi connectivity index (χ0) is 13.8. The van der Waals surface area contributed by atoms with Gasteiger partial charge in [-0.05, 0) is 24.6 Å². The van der Waals surface area contributed by atoms with Gasteiger partial charge < -0.3 is 4.57 Å². The number of imidazole rings is 1. The molecule has 3 N–H and O–H groups in total. The molecule has 1 atom stereocenters. The van der Waals surface area contributed by atoms with Crippen LogP contribution in [0.15, 0.2) is 35.1 Å². The third-order valence-corrected chi connectivity index (χ3v) is 3.61. The SMILES string of the molecule is Cn1ccnc1CCC(NN)c1cc(Br)ccc1F. The summed E-state index contributed by atoms with van der Waals surface area (Å²) >= 11 is 3.34. The number of rotatable bonds is 5. The molecule has 19 heavy (non-hydrogen) atoms. The molecule has 0 spiro atoms. The number of benzene rings is 1. The molecule has 0 fully saturated rings. The molecule has 0 aliphatic rings. The van der Waals surface area contributed by atoms with Crippen LogP contribution in [0, 0.1) is 5.82 Å². The predicted octanol–water partition coefficient (Wildman–Crippen LogP) is 2.46. The molecule has 0 bridgehead atoms. The summed E-state index contributed by atoms with van der Waals surface area (Å²) in [5, 5.41) is 0. The molecule has 0 saturated carbocycles. The van der Waals surface area contributed by atoms with Gasteiger partial charge in [0.15, 0.2) is 0 Å². The van der Waals surface area contributed by atoms with Crippen LogP contribution in [0.2, 0.25) is 0 Å². The van der Waals surface area contributed by atoms with Gasteiger partial charge in [0.05, 0.1) is 0 Å². The first-order valence-corrected chi connectivity index (χ1v) is 6.78. The molecule has 0 amide bonds. The number of nitrogens with zero attached hydrogens (tertiary/aromatic N) is 2. The van der Waals surface area contributed by atoms with Crippen molar-refractivity contribution >= 4 is 15.9 Å². The quantitative estimate of drug-likeness (QED) is 0.655. The van der Waals surface area contributed by atoms with Gasteiger partial charge in [-0.3, -0.25) is 11.3 Å². The molecule has 102 valence electrons. The molecule has 2 rings (SSSR count). The van der Waals surface area contributed by atoms with E-state index in [0.717, 1.165) is 16.7 Å². The molecule has 0 aliphatic carbocycles. The Morgan fingerprint density at radius 3 is 2.95 bits per heavy atom. The van der Waals surface area contributed by atoms with E-state index in [4.69, 9.17) is 5.84 Å². The first-order valence-electron chi connectivity index (χ1n) is 5.99. The summed E-state index contributed by atoms with van der Waals surface area (Å²) in [6.07, 6.45) is 5.04. The largest absolute Gasteiger partial charge is 0.338 e. The third kappa shape index (κ3) is 3.40. The second-order valence-electron chi connectivity index (χ2n) is 4.38. The van der Waals surface area contributed by atoms with Crippen molar-refractivity contribution in [1.82, 2.24) is 15.0 Å². The van der Waals surface area contributed by atoms with Crippen LogP contribution in [0.3, 0.4) is 0 Å². The van der Waals surface area contributed by atoms with Crippen LogP contribution >= 0.6 is 15.9 Å². The lowest BCUT2D eigenvalue weighted by Crippen LogP contribution is -2.29. The van der Waals surface area contributed by atoms with Crippen molar-refractivity contribution in [3.8, 4) is 0 Å². The molecular formula is C13H16BrFN4. The summed E-state index contributed by atoms with van der Waals surface area (Å²) in [4.78, 5) is 4.25. The van der Waals surface area contributed by atoms with Crippen LogP contribution in [0.25, 0.3) is 0 Å². The smallest absolute Gasteiger partial charge is 0.128 e. The Bertz CT molecular complexity index is 555. The maximum atomic E-state index is 13.8. The normalized spacial score (nSPS) is 12.6. The minimum Gasteiger partial charge on any atom is -0.338 e. The zero-order valence-corrected chi connectivity index (χ0v) is 12.2. The van der Waals surface area contributed by atoms with E-state index in [9.17, 15) is 4.39 Å². The number of hydrazine groups is 1. The Morgan fingerprint density at radius 2 is 2.32 bits per heavy atom. The van der Waals surface area contributed by atoms with Crippen molar-refractivity contribution in [2.45, 2.75) is 18.9 Å². The number of nitrogens with two attached hydrogens (primary N) is 1. The lowest BCUT2D eigenvalue weighted by molar-refractivity contribution is 0.478. The molecule has 1 aromatic carbocycles. The summed E-state index contributed by atoms with van der Waals surface area (Å²) in [7, 11) is 1.94. The molecule has 0 radical (unpaired) electrons. The lowest BCUT2D eigenvalue weighted by atomic mass is 10.0. The Kier molecular flexibility index (Phi) is 4.68. The number of hydrogen-bond acceptors (Lipinski definition) is 3. The third-order valence-electron chi connectivity index (χ3n) is 3.11. The molecule has 4 nitrogen and oxygen atoms in total. The van der Waals surface area contributed by atoms with Gasteiger partial charge in [0.1, 0.15) is 11.6 Å². The van der Waals surface area contributed by atoms with Crippen molar-refractivity contribution in [2.24, 2.45) is 12.9 Å². The van der Waals surface area contributed by atoms with Gasteiger partial charge in [-0.15, -0.1) is 0 Å². The number of halogens is 2. The van der Waals surface area contributed by atoms with E-state index < -0.39 is 0 Å². The molecule has 6 heteroatoms. The van der Waals surface area contributed by atoms with E-state index in [1.54, 1.807) is 18.3 Å². The van der Waals surface area contributed by atoms with E-state index in [-0.39, 0.29) is 11.9 Å². The monoisotopic (exact) mass is 326 g/mol. The van der Waals surface area contributed by atoms with Crippen molar-refractivity contribution < 1.29 is 4.39 Å². The van der Waals surface area contributed by atoms with Crippen molar-refractivity contribution in [1.29, 1.82) is 0 Å². The molecule has 2 aromatic rings. The van der Waals surface area contributed by atoms with Crippen molar-refractivity contribution in [3.63, 3.8) is 0 Å². The highest BCUT2D eigenvalue weighted by Crippen LogP contribution is 2.24. The topological polar surface area (TPSA) is 55.9 Å². The van der Waals surface area contributed by atoms with Crippen molar-refractivity contribution in [3.05, 3.63) is 52.3 Å². The Labute approximate surface area is 119 Å². The van der Waals surface area contributed by atoms with Crippen LogP contribution in [-0.4, -0.2) is 9.55 Å². The van der Waals surface area contributed by atoms with Gasteiger partial charge in [-0.25, -0.2) is 9.37 Å². The van der Waals surface area contributed by atoms with Crippen LogP contribution in [0.4, 0.5) is 4.39 Å². The van der Waals surface area contributed by atoms with E-state index in [0.29, 0.717) is 12.0 Å². The van der Waals surface area contributed by atoms with E-state index >= 15 is 0 Å². The van der Waals surface area contributed by atoms with Crippen LogP contribution in [0.1, 0.15) is 23.9 Å². The highest BCUT2D eigenvalue weighted by Gasteiger charge is 2.15. The zero-order valence-electron chi connectivity index (χ0n) is 10.6. The predicted molar refractivity (Wildman–Crippen MR) is 75.7 cm³/mol. The Morgan fingerprint density at radius 1 is 1.53 bits per heavy atom. The first-order chi connectivity index (χ1) is 9.11. The average molecular weight is 327 g/mol. The number of hydrogen-bond donors (Lipinski definition) is 2. The molecule has 0 aliphatic heterocycles. The van der Waals surface area contributed by atoms with Crippen LogP contribution in [-0.2, 0) is 13.5 Å². The Hall–Kier alpha value is -1.24. The number of nitrogens with one attached hydrogen (secondary N) is 1. The molecule has 1 heterocycles. The van der Waals surface area contributed by atoms with Gasteiger partial charge in [0.25, 0.3) is 0 Å². The Balaban J connectivity index is 2.12. The van der Waals surface area contributed by atoms with E-state index in [2.05, 4.69) is 26.3 Å². The van der Waals surface area contributed by atoms with Gasteiger partial charge in [-0.2, -0.15) is 0 Å². The fraction of sp³-hybridized carbons (Fsp3) is 0.308. The standard InChI is InChI=1S/C13H16BrFN4/c1-19-7-6-17-13(19)5-4-12(18-16)10-8-9(14)2-3-11(10)15/h2-3,6-8,12,18H,4-5,16H2,1H3. The summed E-state index contributed by atoms with van der Waals surface area (Å²) in [5.74, 6) is 6.24. The average Bonchev–Trinajstić information content (AvgIpc) is 2.80.